The standard InChI is InChI=1S/C10H13NO4/c1-4-15-10(12)7-5-6-8(13-2)11-9(7)14-3/h5-6H,4H2,1-3H3. The van der Waals surface area contributed by atoms with Crippen molar-refractivity contribution >= 4 is 5.97 Å². The molecule has 0 spiro atoms. The zero-order valence-corrected chi connectivity index (χ0v) is 8.94. The third kappa shape index (κ3) is 2.59. The summed E-state index contributed by atoms with van der Waals surface area (Å²) in [5.41, 5.74) is 0.292. The minimum Gasteiger partial charge on any atom is -0.481 e. The van der Waals surface area contributed by atoms with Crippen LogP contribution in [0.2, 0.25) is 0 Å². The van der Waals surface area contributed by atoms with Crippen molar-refractivity contribution in [3.8, 4) is 11.8 Å². The molecule has 1 rings (SSSR count). The molecule has 5 nitrogen and oxygen atoms in total. The lowest BCUT2D eigenvalue weighted by Crippen LogP contribution is -2.08. The summed E-state index contributed by atoms with van der Waals surface area (Å²) >= 11 is 0. The molecule has 0 aliphatic carbocycles. The van der Waals surface area contributed by atoms with Crippen LogP contribution in [-0.4, -0.2) is 31.8 Å². The van der Waals surface area contributed by atoms with Crippen LogP contribution < -0.4 is 9.47 Å². The highest BCUT2D eigenvalue weighted by atomic mass is 16.5. The first kappa shape index (κ1) is 11.3. The summed E-state index contributed by atoms with van der Waals surface area (Å²) in [6, 6.07) is 3.14. The molecule has 0 atom stereocenters. The number of methoxy groups -OCH3 is 2. The molecule has 0 aliphatic heterocycles. The average molecular weight is 211 g/mol. The average Bonchev–Trinajstić information content (AvgIpc) is 2.28. The summed E-state index contributed by atoms with van der Waals surface area (Å²) < 4.78 is 14.7. The number of hydrogen-bond acceptors (Lipinski definition) is 5. The van der Waals surface area contributed by atoms with Crippen LogP contribution in [0.5, 0.6) is 11.8 Å². The first-order chi connectivity index (χ1) is 7.22. The smallest absolute Gasteiger partial charge is 0.343 e. The van der Waals surface area contributed by atoms with Crippen LogP contribution in [0.3, 0.4) is 0 Å². The minimum absolute atomic E-state index is 0.202. The van der Waals surface area contributed by atoms with Crippen LogP contribution in [0, 0.1) is 0 Å². The molecule has 0 unspecified atom stereocenters. The number of rotatable bonds is 4. The Hall–Kier alpha value is -1.78. The summed E-state index contributed by atoms with van der Waals surface area (Å²) in [5.74, 6) is 0.136. The Labute approximate surface area is 88.0 Å². The number of carbonyl (C=O) groups is 1. The quantitative estimate of drug-likeness (QED) is 0.702. The third-order valence-electron chi connectivity index (χ3n) is 1.73. The summed E-state index contributed by atoms with van der Waals surface area (Å²) in [6.07, 6.45) is 0. The lowest BCUT2D eigenvalue weighted by atomic mass is 10.3. The molecular formula is C10H13NO4. The molecule has 0 fully saturated rings. The largest absolute Gasteiger partial charge is 0.481 e. The van der Waals surface area contributed by atoms with Gasteiger partial charge in [-0.2, -0.15) is 4.98 Å². The van der Waals surface area contributed by atoms with Gasteiger partial charge in [0.2, 0.25) is 11.8 Å². The van der Waals surface area contributed by atoms with Crippen molar-refractivity contribution in [1.29, 1.82) is 0 Å². The van der Waals surface area contributed by atoms with E-state index in [4.69, 9.17) is 14.2 Å². The van der Waals surface area contributed by atoms with E-state index < -0.39 is 5.97 Å². The van der Waals surface area contributed by atoms with Gasteiger partial charge in [-0.05, 0) is 13.0 Å². The fourth-order valence-corrected chi connectivity index (χ4v) is 1.06. The zero-order valence-electron chi connectivity index (χ0n) is 8.94. The molecule has 1 heterocycles. The number of hydrogen-bond donors (Lipinski definition) is 0. The molecule has 0 N–H and O–H groups in total. The van der Waals surface area contributed by atoms with E-state index in [9.17, 15) is 4.79 Å². The van der Waals surface area contributed by atoms with Gasteiger partial charge in [-0.3, -0.25) is 0 Å². The van der Waals surface area contributed by atoms with E-state index in [0.29, 0.717) is 18.1 Å². The van der Waals surface area contributed by atoms with E-state index in [1.165, 1.54) is 14.2 Å². The number of aromatic nitrogens is 1. The molecule has 0 saturated carbocycles. The van der Waals surface area contributed by atoms with Crippen molar-refractivity contribution in [2.45, 2.75) is 6.92 Å². The number of nitrogens with zero attached hydrogens (tertiary/aromatic N) is 1. The molecule has 0 bridgehead atoms. The molecule has 0 aromatic carbocycles. The molecule has 0 saturated heterocycles. The summed E-state index contributed by atoms with van der Waals surface area (Å²) in [4.78, 5) is 15.4. The molecule has 0 amide bonds. The van der Waals surface area contributed by atoms with Gasteiger partial charge < -0.3 is 14.2 Å². The van der Waals surface area contributed by atoms with Gasteiger partial charge in [0, 0.05) is 6.07 Å². The number of carbonyl (C=O) groups excluding carboxylic acids is 1. The number of ether oxygens (including phenoxy) is 3. The first-order valence-electron chi connectivity index (χ1n) is 4.49. The van der Waals surface area contributed by atoms with Gasteiger partial charge >= 0.3 is 5.97 Å². The maximum atomic E-state index is 11.4. The molecule has 1 aromatic rings. The van der Waals surface area contributed by atoms with Gasteiger partial charge in [0.25, 0.3) is 0 Å². The zero-order chi connectivity index (χ0) is 11.3. The molecule has 5 heteroatoms. The molecule has 0 aliphatic rings. The van der Waals surface area contributed by atoms with E-state index in [-0.39, 0.29) is 5.88 Å². The number of pyridine rings is 1. The van der Waals surface area contributed by atoms with Crippen LogP contribution in [0.25, 0.3) is 0 Å². The van der Waals surface area contributed by atoms with Crippen LogP contribution >= 0.6 is 0 Å². The van der Waals surface area contributed by atoms with Gasteiger partial charge in [-0.15, -0.1) is 0 Å². The highest BCUT2D eigenvalue weighted by Gasteiger charge is 2.15. The second-order valence-corrected chi connectivity index (χ2v) is 2.63. The topological polar surface area (TPSA) is 57.7 Å². The monoisotopic (exact) mass is 211 g/mol. The Bertz CT molecular complexity index is 351. The van der Waals surface area contributed by atoms with Crippen molar-refractivity contribution in [1.82, 2.24) is 4.98 Å². The second-order valence-electron chi connectivity index (χ2n) is 2.63. The van der Waals surface area contributed by atoms with E-state index in [2.05, 4.69) is 4.98 Å². The SMILES string of the molecule is CCOC(=O)c1ccc(OC)nc1OC. The van der Waals surface area contributed by atoms with E-state index in [1.54, 1.807) is 19.1 Å². The van der Waals surface area contributed by atoms with Gasteiger partial charge in [-0.25, -0.2) is 4.79 Å². The Morgan fingerprint density at radius 3 is 2.60 bits per heavy atom. The van der Waals surface area contributed by atoms with Crippen molar-refractivity contribution < 1.29 is 19.0 Å². The molecular weight excluding hydrogens is 198 g/mol. The minimum atomic E-state index is -0.454. The highest BCUT2D eigenvalue weighted by molar-refractivity contribution is 5.91. The highest BCUT2D eigenvalue weighted by Crippen LogP contribution is 2.20. The Morgan fingerprint density at radius 1 is 1.33 bits per heavy atom. The van der Waals surface area contributed by atoms with Crippen molar-refractivity contribution in [3.05, 3.63) is 17.7 Å². The molecule has 1 aromatic heterocycles. The Morgan fingerprint density at radius 2 is 2.07 bits per heavy atom. The molecule has 82 valence electrons. The van der Waals surface area contributed by atoms with Crippen LogP contribution in [0.1, 0.15) is 17.3 Å². The third-order valence-corrected chi connectivity index (χ3v) is 1.73. The van der Waals surface area contributed by atoms with Crippen molar-refractivity contribution in [3.63, 3.8) is 0 Å². The first-order valence-corrected chi connectivity index (χ1v) is 4.49. The Kier molecular flexibility index (Phi) is 3.91. The predicted octanol–water partition coefficient (Wildman–Crippen LogP) is 1.28. The second kappa shape index (κ2) is 5.19. The fraction of sp³-hybridized carbons (Fsp3) is 0.400. The van der Waals surface area contributed by atoms with Crippen molar-refractivity contribution in [2.24, 2.45) is 0 Å². The van der Waals surface area contributed by atoms with Crippen LogP contribution in [-0.2, 0) is 4.74 Å². The predicted molar refractivity (Wildman–Crippen MR) is 53.3 cm³/mol. The maximum absolute atomic E-state index is 11.4. The summed E-state index contributed by atoms with van der Waals surface area (Å²) in [5, 5.41) is 0. The van der Waals surface area contributed by atoms with Crippen molar-refractivity contribution in [2.75, 3.05) is 20.8 Å². The van der Waals surface area contributed by atoms with Crippen LogP contribution in [0.4, 0.5) is 0 Å². The van der Waals surface area contributed by atoms with Gasteiger partial charge in [-0.1, -0.05) is 0 Å². The van der Waals surface area contributed by atoms with Gasteiger partial charge in [0.15, 0.2) is 0 Å². The lowest BCUT2D eigenvalue weighted by Gasteiger charge is -2.07. The van der Waals surface area contributed by atoms with Gasteiger partial charge in [0.1, 0.15) is 5.56 Å². The number of esters is 1. The normalized spacial score (nSPS) is 9.53. The summed E-state index contributed by atoms with van der Waals surface area (Å²) in [6.45, 7) is 2.05. The Balaban J connectivity index is 3.02. The molecule has 0 radical (unpaired) electrons. The maximum Gasteiger partial charge on any atom is 0.343 e. The van der Waals surface area contributed by atoms with Crippen LogP contribution in [0.15, 0.2) is 12.1 Å². The molecule has 15 heavy (non-hydrogen) atoms. The van der Waals surface area contributed by atoms with E-state index in [0.717, 1.165) is 0 Å². The van der Waals surface area contributed by atoms with E-state index >= 15 is 0 Å². The fourth-order valence-electron chi connectivity index (χ4n) is 1.06. The van der Waals surface area contributed by atoms with E-state index in [1.807, 2.05) is 0 Å². The summed E-state index contributed by atoms with van der Waals surface area (Å²) in [7, 11) is 2.93. The lowest BCUT2D eigenvalue weighted by molar-refractivity contribution is 0.0521. The van der Waals surface area contributed by atoms with Gasteiger partial charge in [0.05, 0.1) is 20.8 Å².